The highest BCUT2D eigenvalue weighted by atomic mass is 15.1. The van der Waals surface area contributed by atoms with E-state index in [9.17, 15) is 0 Å². The molecule has 24 heavy (non-hydrogen) atoms. The molecule has 0 aromatic carbocycles. The summed E-state index contributed by atoms with van der Waals surface area (Å²) in [6.45, 7) is 13.1. The van der Waals surface area contributed by atoms with Crippen molar-refractivity contribution in [3.63, 3.8) is 0 Å². The molecule has 2 nitrogen and oxygen atoms in total. The molecule has 2 heteroatoms. The Bertz CT molecular complexity index is 352. The molecule has 4 rings (SSSR count). The van der Waals surface area contributed by atoms with Gasteiger partial charge >= 0.3 is 0 Å². The van der Waals surface area contributed by atoms with Gasteiger partial charge in [0.25, 0.3) is 0 Å². The lowest BCUT2D eigenvalue weighted by Crippen LogP contribution is -2.51. The van der Waals surface area contributed by atoms with Crippen LogP contribution in [0.4, 0.5) is 0 Å². The van der Waals surface area contributed by atoms with E-state index < -0.39 is 0 Å². The normalized spacial score (nSPS) is 38.1. The van der Waals surface area contributed by atoms with Gasteiger partial charge in [-0.15, -0.1) is 0 Å². The maximum Gasteiger partial charge on any atom is 0.00106 e. The molecule has 2 saturated heterocycles. The maximum atomic E-state index is 3.50. The average molecular weight is 335 g/mol. The van der Waals surface area contributed by atoms with Gasteiger partial charge in [0.15, 0.2) is 0 Å². The highest BCUT2D eigenvalue weighted by Crippen LogP contribution is 2.64. The van der Waals surface area contributed by atoms with Crippen molar-refractivity contribution in [2.75, 3.05) is 32.7 Å². The maximum absolute atomic E-state index is 3.50. The van der Waals surface area contributed by atoms with Crippen molar-refractivity contribution in [2.45, 2.75) is 78.6 Å². The fraction of sp³-hybridized carbons (Fsp3) is 1.00. The molecule has 0 aromatic rings. The van der Waals surface area contributed by atoms with Crippen LogP contribution in [0.3, 0.4) is 0 Å². The molecule has 0 unspecified atom stereocenters. The van der Waals surface area contributed by atoms with E-state index >= 15 is 0 Å². The lowest BCUT2D eigenvalue weighted by Gasteiger charge is -2.60. The second-order valence-corrected chi connectivity index (χ2v) is 9.18. The zero-order valence-electron chi connectivity index (χ0n) is 16.7. The number of hydrogen-bond donors (Lipinski definition) is 1. The molecule has 140 valence electrons. The molecule has 0 amide bonds. The van der Waals surface area contributed by atoms with Gasteiger partial charge in [0.1, 0.15) is 0 Å². The first-order valence-corrected chi connectivity index (χ1v) is 11.2. The Labute approximate surface area is 151 Å². The molecule has 1 N–H and O–H groups in total. The minimum Gasteiger partial charge on any atom is -0.317 e. The number of nitrogens with one attached hydrogen (secondary N) is 1. The standard InChI is InChI=1S/C20H36N2.C2H6/c1-2-16-11-20(12-16)13-19(14-20)18-5-9-22(10-6-18)15-17-3-7-21-8-4-17;1-2/h16-19,21H,2-15H2,1H3;1-2H3. The first-order valence-electron chi connectivity index (χ1n) is 11.2. The zero-order chi connectivity index (χ0) is 17.0. The van der Waals surface area contributed by atoms with Gasteiger partial charge in [-0.3, -0.25) is 0 Å². The van der Waals surface area contributed by atoms with Crippen LogP contribution < -0.4 is 5.32 Å². The summed E-state index contributed by atoms with van der Waals surface area (Å²) in [5.41, 5.74) is 0.859. The van der Waals surface area contributed by atoms with Gasteiger partial charge in [0.2, 0.25) is 0 Å². The van der Waals surface area contributed by atoms with Crippen molar-refractivity contribution >= 4 is 0 Å². The molecule has 0 radical (unpaired) electrons. The second kappa shape index (κ2) is 8.54. The minimum absolute atomic E-state index is 0.859. The van der Waals surface area contributed by atoms with Crippen molar-refractivity contribution in [3.05, 3.63) is 0 Å². The summed E-state index contributed by atoms with van der Waals surface area (Å²) in [6, 6.07) is 0. The van der Waals surface area contributed by atoms with E-state index in [1.54, 1.807) is 25.7 Å². The molecule has 2 heterocycles. The summed E-state index contributed by atoms with van der Waals surface area (Å²) in [4.78, 5) is 2.79. The Balaban J connectivity index is 0.000000815. The average Bonchev–Trinajstić information content (AvgIpc) is 2.57. The lowest BCUT2D eigenvalue weighted by atomic mass is 9.45. The van der Waals surface area contributed by atoms with Gasteiger partial charge in [-0.2, -0.15) is 0 Å². The van der Waals surface area contributed by atoms with Crippen molar-refractivity contribution in [1.82, 2.24) is 10.2 Å². The SMILES string of the molecule is CC.CCC1CC2(C1)CC(C1CCN(CC3CCNCC3)CC1)C2. The number of hydrogen-bond acceptors (Lipinski definition) is 2. The van der Waals surface area contributed by atoms with Gasteiger partial charge in [0, 0.05) is 6.54 Å². The highest BCUT2D eigenvalue weighted by molar-refractivity contribution is 5.04. The molecule has 2 aliphatic heterocycles. The van der Waals surface area contributed by atoms with Gasteiger partial charge in [-0.25, -0.2) is 0 Å². The summed E-state index contributed by atoms with van der Waals surface area (Å²) in [5, 5.41) is 3.50. The van der Waals surface area contributed by atoms with Crippen LogP contribution in [0.2, 0.25) is 0 Å². The molecule has 0 bridgehead atoms. The van der Waals surface area contributed by atoms with Crippen molar-refractivity contribution in [1.29, 1.82) is 0 Å². The monoisotopic (exact) mass is 334 g/mol. The van der Waals surface area contributed by atoms with Crippen LogP contribution in [0.25, 0.3) is 0 Å². The van der Waals surface area contributed by atoms with Gasteiger partial charge in [-0.05, 0) is 107 Å². The van der Waals surface area contributed by atoms with E-state index in [0.717, 1.165) is 29.1 Å². The van der Waals surface area contributed by atoms with E-state index in [4.69, 9.17) is 0 Å². The van der Waals surface area contributed by atoms with Crippen LogP contribution in [0, 0.1) is 29.1 Å². The summed E-state index contributed by atoms with van der Waals surface area (Å²) in [6.07, 6.45) is 13.6. The van der Waals surface area contributed by atoms with Crippen molar-refractivity contribution in [3.8, 4) is 0 Å². The fourth-order valence-electron chi connectivity index (χ4n) is 6.21. The molecule has 4 aliphatic rings. The Hall–Kier alpha value is -0.0800. The Morgan fingerprint density at radius 1 is 0.833 bits per heavy atom. The van der Waals surface area contributed by atoms with E-state index in [1.165, 1.54) is 64.8 Å². The van der Waals surface area contributed by atoms with Crippen LogP contribution in [0.1, 0.15) is 78.6 Å². The van der Waals surface area contributed by atoms with Gasteiger partial charge < -0.3 is 10.2 Å². The quantitative estimate of drug-likeness (QED) is 0.783. The number of likely N-dealkylation sites (tertiary alicyclic amines) is 1. The molecule has 4 fully saturated rings. The lowest BCUT2D eigenvalue weighted by molar-refractivity contribution is -0.0959. The summed E-state index contributed by atoms with van der Waals surface area (Å²) >= 11 is 0. The predicted octanol–water partition coefficient (Wildman–Crippen LogP) is 4.94. The molecule has 1 spiro atoms. The summed E-state index contributed by atoms with van der Waals surface area (Å²) in [5.74, 6) is 4.26. The second-order valence-electron chi connectivity index (χ2n) is 9.18. The first-order chi connectivity index (χ1) is 11.8. The predicted molar refractivity (Wildman–Crippen MR) is 104 cm³/mol. The van der Waals surface area contributed by atoms with Gasteiger partial charge in [-0.1, -0.05) is 27.2 Å². The van der Waals surface area contributed by atoms with Crippen LogP contribution in [0.5, 0.6) is 0 Å². The number of piperidine rings is 2. The molecular weight excluding hydrogens is 292 g/mol. The van der Waals surface area contributed by atoms with Crippen molar-refractivity contribution < 1.29 is 0 Å². The smallest absolute Gasteiger partial charge is 0.00106 e. The number of rotatable bonds is 4. The molecule has 0 aromatic heterocycles. The van der Waals surface area contributed by atoms with Crippen molar-refractivity contribution in [2.24, 2.45) is 29.1 Å². The number of nitrogens with zero attached hydrogens (tertiary/aromatic N) is 1. The van der Waals surface area contributed by atoms with Crippen LogP contribution in [-0.4, -0.2) is 37.6 Å². The van der Waals surface area contributed by atoms with E-state index in [0.29, 0.717) is 0 Å². The third kappa shape index (κ3) is 4.18. The molecular formula is C22H42N2. The van der Waals surface area contributed by atoms with E-state index in [1.807, 2.05) is 13.8 Å². The molecule has 2 saturated carbocycles. The van der Waals surface area contributed by atoms with Crippen LogP contribution >= 0.6 is 0 Å². The molecule has 0 atom stereocenters. The minimum atomic E-state index is 0.859. The van der Waals surface area contributed by atoms with E-state index in [2.05, 4.69) is 17.1 Å². The van der Waals surface area contributed by atoms with Crippen LogP contribution in [-0.2, 0) is 0 Å². The highest BCUT2D eigenvalue weighted by Gasteiger charge is 2.53. The fourth-order valence-corrected chi connectivity index (χ4v) is 6.21. The summed E-state index contributed by atoms with van der Waals surface area (Å²) in [7, 11) is 0. The third-order valence-electron chi connectivity index (χ3n) is 7.69. The first kappa shape index (κ1) is 18.7. The molecule has 2 aliphatic carbocycles. The topological polar surface area (TPSA) is 15.3 Å². The Morgan fingerprint density at radius 2 is 1.46 bits per heavy atom. The zero-order valence-corrected chi connectivity index (χ0v) is 16.7. The third-order valence-corrected chi connectivity index (χ3v) is 7.69. The summed E-state index contributed by atoms with van der Waals surface area (Å²) < 4.78 is 0. The van der Waals surface area contributed by atoms with Crippen LogP contribution in [0.15, 0.2) is 0 Å². The van der Waals surface area contributed by atoms with Gasteiger partial charge in [0.05, 0.1) is 0 Å². The van der Waals surface area contributed by atoms with E-state index in [-0.39, 0.29) is 0 Å². The Kier molecular flexibility index (Phi) is 6.65. The largest absolute Gasteiger partial charge is 0.317 e. The Morgan fingerprint density at radius 3 is 2.04 bits per heavy atom.